The Morgan fingerprint density at radius 2 is 2.32 bits per heavy atom. The van der Waals surface area contributed by atoms with Gasteiger partial charge < -0.3 is 4.74 Å². The van der Waals surface area contributed by atoms with E-state index in [2.05, 4.69) is 4.90 Å². The minimum absolute atomic E-state index is 0.283. The maximum Gasteiger partial charge on any atom is 0.165 e. The first-order valence-electron chi connectivity index (χ1n) is 6.83. The zero-order chi connectivity index (χ0) is 13.7. The van der Waals surface area contributed by atoms with Crippen molar-refractivity contribution >= 4 is 11.6 Å². The first-order valence-corrected chi connectivity index (χ1v) is 7.37. The predicted molar refractivity (Wildman–Crippen MR) is 76.3 cm³/mol. The van der Waals surface area contributed by atoms with Crippen LogP contribution in [0.15, 0.2) is 18.2 Å². The van der Waals surface area contributed by atoms with Crippen molar-refractivity contribution in [2.24, 2.45) is 5.92 Å². The Morgan fingerprint density at radius 3 is 3.00 bits per heavy atom. The third-order valence-electron chi connectivity index (χ3n) is 3.74. The number of ether oxygens (including phenoxy) is 1. The zero-order valence-corrected chi connectivity index (χ0v) is 12.1. The molecule has 19 heavy (non-hydrogen) atoms. The van der Waals surface area contributed by atoms with E-state index in [4.69, 9.17) is 16.3 Å². The number of halogens is 2. The summed E-state index contributed by atoms with van der Waals surface area (Å²) >= 11 is 5.81. The number of rotatable bonds is 5. The molecule has 1 saturated heterocycles. The SMILES string of the molecule is COc1ccc(CN2CCCC(CCCl)C2)cc1F. The van der Waals surface area contributed by atoms with Crippen LogP contribution in [0.2, 0.25) is 0 Å². The number of nitrogens with zero attached hydrogens (tertiary/aromatic N) is 1. The molecule has 0 N–H and O–H groups in total. The highest BCUT2D eigenvalue weighted by atomic mass is 35.5. The van der Waals surface area contributed by atoms with Gasteiger partial charge in [-0.1, -0.05) is 6.07 Å². The topological polar surface area (TPSA) is 12.5 Å². The first kappa shape index (κ1) is 14.6. The molecule has 1 heterocycles. The van der Waals surface area contributed by atoms with Crippen molar-refractivity contribution in [3.8, 4) is 5.75 Å². The Balaban J connectivity index is 1.94. The fourth-order valence-electron chi connectivity index (χ4n) is 2.75. The average Bonchev–Trinajstić information content (AvgIpc) is 2.40. The lowest BCUT2D eigenvalue weighted by molar-refractivity contribution is 0.165. The van der Waals surface area contributed by atoms with Gasteiger partial charge in [0, 0.05) is 19.0 Å². The molecule has 1 aromatic carbocycles. The Bertz CT molecular complexity index is 411. The average molecular weight is 286 g/mol. The fourth-order valence-corrected chi connectivity index (χ4v) is 3.06. The van der Waals surface area contributed by atoms with Gasteiger partial charge in [-0.3, -0.25) is 4.90 Å². The van der Waals surface area contributed by atoms with Crippen LogP contribution >= 0.6 is 11.6 Å². The molecule has 1 aromatic rings. The summed E-state index contributed by atoms with van der Waals surface area (Å²) in [5.41, 5.74) is 1.00. The molecule has 4 heteroatoms. The third-order valence-corrected chi connectivity index (χ3v) is 3.96. The van der Waals surface area contributed by atoms with E-state index in [0.29, 0.717) is 11.7 Å². The van der Waals surface area contributed by atoms with E-state index < -0.39 is 0 Å². The maximum absolute atomic E-state index is 13.6. The highest BCUT2D eigenvalue weighted by Gasteiger charge is 2.19. The van der Waals surface area contributed by atoms with Crippen LogP contribution in [0.5, 0.6) is 5.75 Å². The number of piperidine rings is 1. The highest BCUT2D eigenvalue weighted by molar-refractivity contribution is 6.17. The summed E-state index contributed by atoms with van der Waals surface area (Å²) in [6, 6.07) is 5.21. The molecule has 0 aromatic heterocycles. The first-order chi connectivity index (χ1) is 9.22. The van der Waals surface area contributed by atoms with Crippen LogP contribution in [0.1, 0.15) is 24.8 Å². The molecular formula is C15H21ClFNO. The second-order valence-electron chi connectivity index (χ2n) is 5.19. The van der Waals surface area contributed by atoms with E-state index >= 15 is 0 Å². The van der Waals surface area contributed by atoms with Gasteiger partial charge in [-0.25, -0.2) is 4.39 Å². The highest BCUT2D eigenvalue weighted by Crippen LogP contribution is 2.23. The molecule has 2 nitrogen and oxygen atoms in total. The number of methoxy groups -OCH3 is 1. The Labute approximate surface area is 119 Å². The predicted octanol–water partition coefficient (Wildman–Crippen LogP) is 3.68. The van der Waals surface area contributed by atoms with Gasteiger partial charge in [-0.05, 0) is 49.4 Å². The lowest BCUT2D eigenvalue weighted by Gasteiger charge is -2.32. The molecule has 1 aliphatic heterocycles. The molecule has 0 saturated carbocycles. The molecule has 0 amide bonds. The Morgan fingerprint density at radius 1 is 1.47 bits per heavy atom. The van der Waals surface area contributed by atoms with Crippen LogP contribution < -0.4 is 4.74 Å². The smallest absolute Gasteiger partial charge is 0.165 e. The molecule has 1 aliphatic rings. The molecule has 0 bridgehead atoms. The summed E-state index contributed by atoms with van der Waals surface area (Å²) < 4.78 is 18.6. The monoisotopic (exact) mass is 285 g/mol. The van der Waals surface area contributed by atoms with E-state index in [0.717, 1.165) is 37.5 Å². The molecule has 0 spiro atoms. The lowest BCUT2D eigenvalue weighted by atomic mass is 9.95. The zero-order valence-electron chi connectivity index (χ0n) is 11.4. The van der Waals surface area contributed by atoms with Crippen molar-refractivity contribution in [3.63, 3.8) is 0 Å². The molecular weight excluding hydrogens is 265 g/mol. The minimum Gasteiger partial charge on any atom is -0.494 e. The van der Waals surface area contributed by atoms with Crippen LogP contribution in [0, 0.1) is 11.7 Å². The van der Waals surface area contributed by atoms with Crippen molar-refractivity contribution < 1.29 is 9.13 Å². The summed E-state index contributed by atoms with van der Waals surface area (Å²) in [5, 5.41) is 0. The summed E-state index contributed by atoms with van der Waals surface area (Å²) in [4.78, 5) is 2.39. The largest absolute Gasteiger partial charge is 0.494 e. The summed E-state index contributed by atoms with van der Waals surface area (Å²) in [5.74, 6) is 1.45. The van der Waals surface area contributed by atoms with Crippen molar-refractivity contribution in [2.75, 3.05) is 26.1 Å². The van der Waals surface area contributed by atoms with Crippen LogP contribution in [0.4, 0.5) is 4.39 Å². The number of alkyl halides is 1. The molecule has 2 rings (SSSR count). The van der Waals surface area contributed by atoms with Gasteiger partial charge >= 0.3 is 0 Å². The van der Waals surface area contributed by atoms with Crippen LogP contribution in [0.3, 0.4) is 0 Å². The number of likely N-dealkylation sites (tertiary alicyclic amines) is 1. The standard InChI is InChI=1S/C15H21ClFNO/c1-19-15-5-4-13(9-14(15)17)11-18-8-2-3-12(10-18)6-7-16/h4-5,9,12H,2-3,6-8,10-11H2,1H3. The van der Waals surface area contributed by atoms with E-state index in [1.807, 2.05) is 6.07 Å². The minimum atomic E-state index is -0.283. The van der Waals surface area contributed by atoms with Crippen LogP contribution in [0.25, 0.3) is 0 Å². The van der Waals surface area contributed by atoms with Gasteiger partial charge in [0.25, 0.3) is 0 Å². The number of hydrogen-bond acceptors (Lipinski definition) is 2. The Kier molecular flexibility index (Phi) is 5.46. The van der Waals surface area contributed by atoms with Crippen LogP contribution in [-0.2, 0) is 6.54 Å². The molecule has 0 aliphatic carbocycles. The Hall–Kier alpha value is -0.800. The summed E-state index contributed by atoms with van der Waals surface area (Å²) in [6.07, 6.45) is 3.55. The van der Waals surface area contributed by atoms with E-state index in [1.165, 1.54) is 20.0 Å². The second kappa shape index (κ2) is 7.11. The van der Waals surface area contributed by atoms with E-state index in [9.17, 15) is 4.39 Å². The molecule has 1 unspecified atom stereocenters. The van der Waals surface area contributed by atoms with Crippen molar-refractivity contribution in [3.05, 3.63) is 29.6 Å². The lowest BCUT2D eigenvalue weighted by Crippen LogP contribution is -2.35. The molecule has 1 atom stereocenters. The summed E-state index contributed by atoms with van der Waals surface area (Å²) in [7, 11) is 1.49. The maximum atomic E-state index is 13.6. The third kappa shape index (κ3) is 4.08. The van der Waals surface area contributed by atoms with Gasteiger partial charge in [0.15, 0.2) is 11.6 Å². The number of hydrogen-bond donors (Lipinski definition) is 0. The van der Waals surface area contributed by atoms with Crippen molar-refractivity contribution in [2.45, 2.75) is 25.8 Å². The van der Waals surface area contributed by atoms with Gasteiger partial charge in [0.05, 0.1) is 7.11 Å². The molecule has 106 valence electrons. The van der Waals surface area contributed by atoms with Crippen molar-refractivity contribution in [1.29, 1.82) is 0 Å². The van der Waals surface area contributed by atoms with Crippen molar-refractivity contribution in [1.82, 2.24) is 4.90 Å². The van der Waals surface area contributed by atoms with Gasteiger partial charge in [0.2, 0.25) is 0 Å². The van der Waals surface area contributed by atoms with E-state index in [-0.39, 0.29) is 5.82 Å². The second-order valence-corrected chi connectivity index (χ2v) is 5.57. The normalized spacial score (nSPS) is 20.5. The quantitative estimate of drug-likeness (QED) is 0.765. The summed E-state index contributed by atoms with van der Waals surface area (Å²) in [6.45, 7) is 2.96. The number of benzene rings is 1. The van der Waals surface area contributed by atoms with Gasteiger partial charge in [-0.2, -0.15) is 0 Å². The van der Waals surface area contributed by atoms with Crippen LogP contribution in [-0.4, -0.2) is 31.0 Å². The van der Waals surface area contributed by atoms with Gasteiger partial charge in [0.1, 0.15) is 0 Å². The fraction of sp³-hybridized carbons (Fsp3) is 0.600. The van der Waals surface area contributed by atoms with E-state index in [1.54, 1.807) is 12.1 Å². The molecule has 0 radical (unpaired) electrons. The van der Waals surface area contributed by atoms with Gasteiger partial charge in [-0.15, -0.1) is 11.6 Å². The molecule has 1 fully saturated rings.